The number of fused-ring (bicyclic) bond motifs is 1. The van der Waals surface area contributed by atoms with E-state index in [1.54, 1.807) is 30.3 Å². The Bertz CT molecular complexity index is 1450. The quantitative estimate of drug-likeness (QED) is 0.287. The Morgan fingerprint density at radius 2 is 1.42 bits per heavy atom. The Balaban J connectivity index is 1.40. The van der Waals surface area contributed by atoms with Crippen LogP contribution in [0.3, 0.4) is 0 Å². The summed E-state index contributed by atoms with van der Waals surface area (Å²) in [5.74, 6) is 0.282. The third kappa shape index (κ3) is 4.82. The van der Waals surface area contributed by atoms with Crippen LogP contribution in [0.5, 0.6) is 23.0 Å². The molecule has 1 heterocycles. The van der Waals surface area contributed by atoms with Crippen molar-refractivity contribution in [1.29, 1.82) is 0 Å². The summed E-state index contributed by atoms with van der Waals surface area (Å²) in [7, 11) is 1.91. The maximum atomic E-state index is 13.3. The zero-order valence-electron chi connectivity index (χ0n) is 19.1. The first kappa shape index (κ1) is 23.3. The Kier molecular flexibility index (Phi) is 6.23. The number of aromatic carboxylic acids is 1. The number of ether oxygens (including phenoxy) is 3. The van der Waals surface area contributed by atoms with E-state index in [1.165, 1.54) is 18.2 Å². The van der Waals surface area contributed by atoms with Crippen LogP contribution in [0.4, 0.5) is 11.4 Å². The van der Waals surface area contributed by atoms with Gasteiger partial charge < -0.3 is 24.2 Å². The van der Waals surface area contributed by atoms with Gasteiger partial charge >= 0.3 is 5.97 Å². The lowest BCUT2D eigenvalue weighted by Gasteiger charge is -2.19. The Morgan fingerprint density at radius 3 is 2.11 bits per heavy atom. The highest BCUT2D eigenvalue weighted by molar-refractivity contribution is 6.30. The molecule has 0 fully saturated rings. The molecule has 1 aliphatic rings. The van der Waals surface area contributed by atoms with Gasteiger partial charge in [-0.1, -0.05) is 11.6 Å². The summed E-state index contributed by atoms with van der Waals surface area (Å²) < 4.78 is 16.5. The van der Waals surface area contributed by atoms with Crippen molar-refractivity contribution in [3.05, 3.63) is 107 Å². The van der Waals surface area contributed by atoms with Crippen LogP contribution in [0, 0.1) is 0 Å². The minimum atomic E-state index is -1.17. The maximum Gasteiger partial charge on any atom is 0.335 e. The van der Waals surface area contributed by atoms with Gasteiger partial charge in [0, 0.05) is 40.6 Å². The van der Waals surface area contributed by atoms with Gasteiger partial charge in [-0.2, -0.15) is 0 Å². The van der Waals surface area contributed by atoms with Gasteiger partial charge in [0.25, 0.3) is 0 Å². The molecule has 1 N–H and O–H groups in total. The van der Waals surface area contributed by atoms with E-state index in [9.17, 15) is 14.7 Å². The highest BCUT2D eigenvalue weighted by Gasteiger charge is 2.18. The molecule has 0 bridgehead atoms. The van der Waals surface area contributed by atoms with Crippen molar-refractivity contribution in [1.82, 2.24) is 0 Å². The second-order valence-electron chi connectivity index (χ2n) is 8.08. The Morgan fingerprint density at radius 1 is 0.778 bits per heavy atom. The van der Waals surface area contributed by atoms with Gasteiger partial charge in [-0.3, -0.25) is 4.79 Å². The van der Waals surface area contributed by atoms with E-state index in [0.29, 0.717) is 27.8 Å². The summed E-state index contributed by atoms with van der Waals surface area (Å²) in [6, 6.07) is 23.7. The maximum absolute atomic E-state index is 13.3. The van der Waals surface area contributed by atoms with Crippen LogP contribution in [-0.2, 0) is 0 Å². The lowest BCUT2D eigenvalue weighted by atomic mass is 10.0. The van der Waals surface area contributed by atoms with Crippen molar-refractivity contribution >= 4 is 34.7 Å². The van der Waals surface area contributed by atoms with Crippen molar-refractivity contribution in [2.75, 3.05) is 18.7 Å². The predicted molar refractivity (Wildman–Crippen MR) is 135 cm³/mol. The fourth-order valence-corrected chi connectivity index (χ4v) is 3.93. The van der Waals surface area contributed by atoms with E-state index >= 15 is 0 Å². The van der Waals surface area contributed by atoms with Crippen LogP contribution in [0.15, 0.2) is 84.9 Å². The zero-order valence-corrected chi connectivity index (χ0v) is 19.9. The number of benzene rings is 4. The number of carbonyl (C=O) groups is 2. The van der Waals surface area contributed by atoms with E-state index < -0.39 is 5.97 Å². The average Bonchev–Trinajstić information content (AvgIpc) is 3.36. The van der Waals surface area contributed by atoms with Gasteiger partial charge in [0.2, 0.25) is 6.79 Å². The lowest BCUT2D eigenvalue weighted by molar-refractivity contribution is 0.0696. The molecule has 8 heteroatoms. The summed E-state index contributed by atoms with van der Waals surface area (Å²) >= 11 is 5.97. The number of rotatable bonds is 7. The van der Waals surface area contributed by atoms with Gasteiger partial charge in [0.15, 0.2) is 17.3 Å². The Hall–Kier alpha value is -4.49. The SMILES string of the molecule is CN(c1ccc(Cl)cc1)c1ccc(C(=O)c2cc(Oc3ccc4c(c3)OCO4)cc(C(=O)O)c2)cc1. The number of hydrogen-bond acceptors (Lipinski definition) is 6. The minimum Gasteiger partial charge on any atom is -0.478 e. The van der Waals surface area contributed by atoms with Gasteiger partial charge in [0.1, 0.15) is 11.5 Å². The molecule has 4 aromatic rings. The predicted octanol–water partition coefficient (Wildman–Crippen LogP) is 6.56. The first-order valence-corrected chi connectivity index (χ1v) is 11.3. The highest BCUT2D eigenvalue weighted by atomic mass is 35.5. The van der Waals surface area contributed by atoms with Crippen molar-refractivity contribution in [2.24, 2.45) is 0 Å². The summed E-state index contributed by atoms with van der Waals surface area (Å²) in [5.41, 5.74) is 2.37. The summed E-state index contributed by atoms with van der Waals surface area (Å²) in [6.45, 7) is 0.125. The van der Waals surface area contributed by atoms with Crippen molar-refractivity contribution in [2.45, 2.75) is 0 Å². The van der Waals surface area contributed by atoms with E-state index in [-0.39, 0.29) is 29.5 Å². The second-order valence-corrected chi connectivity index (χ2v) is 8.52. The van der Waals surface area contributed by atoms with Crippen LogP contribution in [0.2, 0.25) is 5.02 Å². The molecule has 0 saturated carbocycles. The third-order valence-corrected chi connectivity index (χ3v) is 5.98. The fraction of sp³-hybridized carbons (Fsp3) is 0.0714. The van der Waals surface area contributed by atoms with E-state index in [2.05, 4.69) is 0 Å². The molecule has 36 heavy (non-hydrogen) atoms. The summed E-state index contributed by atoms with van der Waals surface area (Å²) in [6.07, 6.45) is 0. The number of carboxylic acids is 1. The molecule has 0 aromatic heterocycles. The van der Waals surface area contributed by atoms with Gasteiger partial charge in [0.05, 0.1) is 5.56 Å². The molecule has 1 aliphatic heterocycles. The van der Waals surface area contributed by atoms with Crippen molar-refractivity contribution < 1.29 is 28.9 Å². The number of halogens is 1. The second kappa shape index (κ2) is 9.64. The Labute approximate surface area is 212 Å². The van der Waals surface area contributed by atoms with Crippen LogP contribution < -0.4 is 19.1 Å². The molecule has 0 radical (unpaired) electrons. The standard InChI is InChI=1S/C28H20ClNO6/c1-30(22-8-4-20(29)5-9-22)21-6-2-17(3-7-21)27(31)18-12-19(28(32)33)14-24(13-18)36-23-10-11-25-26(15-23)35-16-34-25/h2-15H,16H2,1H3,(H,32,33). The van der Waals surface area contributed by atoms with Crippen molar-refractivity contribution in [3.63, 3.8) is 0 Å². The molecule has 5 rings (SSSR count). The molecule has 0 amide bonds. The van der Waals surface area contributed by atoms with E-state index in [4.69, 9.17) is 25.8 Å². The molecular formula is C28H20ClNO6. The average molecular weight is 502 g/mol. The first-order valence-electron chi connectivity index (χ1n) is 11.0. The number of nitrogens with zero attached hydrogens (tertiary/aromatic N) is 1. The topological polar surface area (TPSA) is 85.3 Å². The lowest BCUT2D eigenvalue weighted by Crippen LogP contribution is -2.10. The molecule has 0 unspecified atom stereocenters. The van der Waals surface area contributed by atoms with Crippen LogP contribution >= 0.6 is 11.6 Å². The normalized spacial score (nSPS) is 11.7. The van der Waals surface area contributed by atoms with E-state index in [0.717, 1.165) is 11.4 Å². The number of ketones is 1. The number of carboxylic acid groups (broad SMARTS) is 1. The molecule has 180 valence electrons. The molecular weight excluding hydrogens is 482 g/mol. The summed E-state index contributed by atoms with van der Waals surface area (Å²) in [4.78, 5) is 26.9. The van der Waals surface area contributed by atoms with Crippen molar-refractivity contribution in [3.8, 4) is 23.0 Å². The van der Waals surface area contributed by atoms with E-state index in [1.807, 2.05) is 48.3 Å². The van der Waals surface area contributed by atoms with Crippen LogP contribution in [0.1, 0.15) is 26.3 Å². The number of hydrogen-bond donors (Lipinski definition) is 1. The molecule has 0 aliphatic carbocycles. The van der Waals surface area contributed by atoms with Crippen LogP contribution in [-0.4, -0.2) is 30.7 Å². The zero-order chi connectivity index (χ0) is 25.2. The largest absolute Gasteiger partial charge is 0.478 e. The van der Waals surface area contributed by atoms with Crippen LogP contribution in [0.25, 0.3) is 0 Å². The minimum absolute atomic E-state index is 0.0596. The first-order chi connectivity index (χ1) is 17.4. The highest BCUT2D eigenvalue weighted by Crippen LogP contribution is 2.37. The fourth-order valence-electron chi connectivity index (χ4n) is 3.81. The molecule has 0 spiro atoms. The monoisotopic (exact) mass is 501 g/mol. The number of carbonyl (C=O) groups excluding carboxylic acids is 1. The molecule has 7 nitrogen and oxygen atoms in total. The summed E-state index contributed by atoms with van der Waals surface area (Å²) in [5, 5.41) is 10.2. The molecule has 0 atom stereocenters. The molecule has 4 aromatic carbocycles. The molecule has 0 saturated heterocycles. The smallest absolute Gasteiger partial charge is 0.335 e. The number of anilines is 2. The van der Waals surface area contributed by atoms with Gasteiger partial charge in [-0.25, -0.2) is 4.79 Å². The van der Waals surface area contributed by atoms with Gasteiger partial charge in [-0.15, -0.1) is 0 Å². The van der Waals surface area contributed by atoms with Gasteiger partial charge in [-0.05, 0) is 78.9 Å². The third-order valence-electron chi connectivity index (χ3n) is 5.73.